The Morgan fingerprint density at radius 1 is 1.33 bits per heavy atom. The smallest absolute Gasteiger partial charge is 0.338 e. The maximum atomic E-state index is 12.6. The molecule has 0 radical (unpaired) electrons. The van der Waals surface area contributed by atoms with E-state index in [0.717, 1.165) is 5.56 Å². The van der Waals surface area contributed by atoms with Gasteiger partial charge in [-0.2, -0.15) is 13.2 Å². The summed E-state index contributed by atoms with van der Waals surface area (Å²) >= 11 is 0. The summed E-state index contributed by atoms with van der Waals surface area (Å²) in [5, 5.41) is 0. The SMILES string of the molecule is C=CCN(CC(F)(F)F)C(=O)C1CC(=O)N(Cc2ccccc2)C1. The van der Waals surface area contributed by atoms with Crippen LogP contribution in [0, 0.1) is 5.92 Å². The first kappa shape index (κ1) is 18.0. The van der Waals surface area contributed by atoms with Gasteiger partial charge >= 0.3 is 6.18 Å². The molecule has 4 nitrogen and oxygen atoms in total. The number of alkyl halides is 3. The van der Waals surface area contributed by atoms with Crippen LogP contribution in [-0.2, 0) is 16.1 Å². The number of nitrogens with zero attached hydrogens (tertiary/aromatic N) is 2. The normalized spacial score (nSPS) is 17.9. The summed E-state index contributed by atoms with van der Waals surface area (Å²) in [6.45, 7) is 2.35. The Kier molecular flexibility index (Phi) is 5.64. The van der Waals surface area contributed by atoms with Gasteiger partial charge in [-0.25, -0.2) is 0 Å². The highest BCUT2D eigenvalue weighted by molar-refractivity contribution is 5.89. The van der Waals surface area contributed by atoms with E-state index < -0.39 is 24.5 Å². The molecular weight excluding hydrogens is 321 g/mol. The Morgan fingerprint density at radius 2 is 2.00 bits per heavy atom. The number of amides is 2. The van der Waals surface area contributed by atoms with Crippen molar-refractivity contribution in [2.75, 3.05) is 19.6 Å². The molecule has 1 aliphatic rings. The van der Waals surface area contributed by atoms with E-state index in [2.05, 4.69) is 6.58 Å². The van der Waals surface area contributed by atoms with Gasteiger partial charge in [-0.15, -0.1) is 6.58 Å². The number of benzene rings is 1. The van der Waals surface area contributed by atoms with Crippen LogP contribution in [0.1, 0.15) is 12.0 Å². The summed E-state index contributed by atoms with van der Waals surface area (Å²) in [6, 6.07) is 9.25. The molecule has 2 rings (SSSR count). The van der Waals surface area contributed by atoms with E-state index in [1.54, 1.807) is 0 Å². The Hall–Kier alpha value is -2.31. The zero-order chi connectivity index (χ0) is 17.7. The van der Waals surface area contributed by atoms with Gasteiger partial charge in [0.2, 0.25) is 11.8 Å². The summed E-state index contributed by atoms with van der Waals surface area (Å²) in [5.74, 6) is -1.62. The minimum absolute atomic E-state index is 0.0584. The average Bonchev–Trinajstić information content (AvgIpc) is 2.87. The van der Waals surface area contributed by atoms with Crippen LogP contribution >= 0.6 is 0 Å². The second-order valence-electron chi connectivity index (χ2n) is 5.78. The van der Waals surface area contributed by atoms with Crippen molar-refractivity contribution in [3.63, 3.8) is 0 Å². The number of rotatable bonds is 6. The highest BCUT2D eigenvalue weighted by atomic mass is 19.4. The molecule has 0 aromatic heterocycles. The molecule has 0 aliphatic carbocycles. The number of hydrogen-bond donors (Lipinski definition) is 0. The summed E-state index contributed by atoms with van der Waals surface area (Å²) in [4.78, 5) is 26.6. The molecule has 0 bridgehead atoms. The molecule has 1 fully saturated rings. The third kappa shape index (κ3) is 4.84. The predicted molar refractivity (Wildman–Crippen MR) is 82.8 cm³/mol. The molecule has 0 spiro atoms. The number of carbonyl (C=O) groups is 2. The molecule has 1 aliphatic heterocycles. The van der Waals surface area contributed by atoms with Crippen molar-refractivity contribution in [1.29, 1.82) is 0 Å². The monoisotopic (exact) mass is 340 g/mol. The molecule has 24 heavy (non-hydrogen) atoms. The number of carbonyl (C=O) groups excluding carboxylic acids is 2. The van der Waals surface area contributed by atoms with E-state index in [9.17, 15) is 22.8 Å². The number of hydrogen-bond acceptors (Lipinski definition) is 2. The van der Waals surface area contributed by atoms with E-state index in [-0.39, 0.29) is 25.4 Å². The van der Waals surface area contributed by atoms with E-state index in [0.29, 0.717) is 11.4 Å². The number of likely N-dealkylation sites (tertiary alicyclic amines) is 1. The van der Waals surface area contributed by atoms with Crippen LogP contribution in [0.15, 0.2) is 43.0 Å². The van der Waals surface area contributed by atoms with Gasteiger partial charge in [0.25, 0.3) is 0 Å². The molecule has 1 aromatic carbocycles. The van der Waals surface area contributed by atoms with Gasteiger partial charge in [0.1, 0.15) is 6.54 Å². The molecule has 0 saturated carbocycles. The highest BCUT2D eigenvalue weighted by Crippen LogP contribution is 2.24. The molecule has 1 unspecified atom stereocenters. The second-order valence-corrected chi connectivity index (χ2v) is 5.78. The van der Waals surface area contributed by atoms with E-state index in [1.165, 1.54) is 11.0 Å². The molecule has 1 saturated heterocycles. The van der Waals surface area contributed by atoms with E-state index in [4.69, 9.17) is 0 Å². The van der Waals surface area contributed by atoms with Crippen molar-refractivity contribution >= 4 is 11.8 Å². The van der Waals surface area contributed by atoms with Crippen molar-refractivity contribution in [3.05, 3.63) is 48.6 Å². The van der Waals surface area contributed by atoms with E-state index >= 15 is 0 Å². The van der Waals surface area contributed by atoms with Crippen molar-refractivity contribution < 1.29 is 22.8 Å². The molecule has 2 amide bonds. The van der Waals surface area contributed by atoms with Crippen molar-refractivity contribution in [1.82, 2.24) is 9.80 Å². The van der Waals surface area contributed by atoms with Gasteiger partial charge < -0.3 is 9.80 Å². The second kappa shape index (κ2) is 7.51. The Balaban J connectivity index is 2.02. The van der Waals surface area contributed by atoms with Crippen LogP contribution < -0.4 is 0 Å². The minimum Gasteiger partial charge on any atom is -0.338 e. The van der Waals surface area contributed by atoms with Gasteiger partial charge in [-0.3, -0.25) is 9.59 Å². The summed E-state index contributed by atoms with van der Waals surface area (Å²) in [5.41, 5.74) is 0.914. The highest BCUT2D eigenvalue weighted by Gasteiger charge is 2.39. The molecule has 7 heteroatoms. The predicted octanol–water partition coefficient (Wildman–Crippen LogP) is 2.61. The third-order valence-corrected chi connectivity index (χ3v) is 3.81. The zero-order valence-electron chi connectivity index (χ0n) is 13.1. The molecule has 0 N–H and O–H groups in total. The maximum Gasteiger partial charge on any atom is 0.406 e. The van der Waals surface area contributed by atoms with Crippen LogP contribution in [-0.4, -0.2) is 47.4 Å². The Morgan fingerprint density at radius 3 is 2.58 bits per heavy atom. The molecule has 130 valence electrons. The lowest BCUT2D eigenvalue weighted by molar-refractivity contribution is -0.162. The van der Waals surface area contributed by atoms with Crippen molar-refractivity contribution in [2.45, 2.75) is 19.1 Å². The summed E-state index contributed by atoms with van der Waals surface area (Å²) < 4.78 is 37.8. The third-order valence-electron chi connectivity index (χ3n) is 3.81. The summed E-state index contributed by atoms with van der Waals surface area (Å²) in [7, 11) is 0. The fourth-order valence-corrected chi connectivity index (χ4v) is 2.76. The van der Waals surface area contributed by atoms with Crippen LogP contribution in [0.25, 0.3) is 0 Å². The summed E-state index contributed by atoms with van der Waals surface area (Å²) in [6.07, 6.45) is -3.29. The molecule has 1 heterocycles. The maximum absolute atomic E-state index is 12.6. The first-order chi connectivity index (χ1) is 11.3. The fraction of sp³-hybridized carbons (Fsp3) is 0.412. The van der Waals surface area contributed by atoms with Gasteiger partial charge in [0.15, 0.2) is 0 Å². The largest absolute Gasteiger partial charge is 0.406 e. The topological polar surface area (TPSA) is 40.6 Å². The van der Waals surface area contributed by atoms with Crippen LogP contribution in [0.2, 0.25) is 0 Å². The van der Waals surface area contributed by atoms with Gasteiger partial charge in [0, 0.05) is 26.1 Å². The lowest BCUT2D eigenvalue weighted by Crippen LogP contribution is -2.43. The minimum atomic E-state index is -4.48. The van der Waals surface area contributed by atoms with E-state index in [1.807, 2.05) is 30.3 Å². The average molecular weight is 340 g/mol. The fourth-order valence-electron chi connectivity index (χ4n) is 2.76. The zero-order valence-corrected chi connectivity index (χ0v) is 13.1. The molecular formula is C17H19F3N2O2. The van der Waals surface area contributed by atoms with Gasteiger partial charge in [-0.1, -0.05) is 36.4 Å². The number of halogens is 3. The lowest BCUT2D eigenvalue weighted by Gasteiger charge is -2.25. The Labute approximate surface area is 138 Å². The molecule has 1 aromatic rings. The van der Waals surface area contributed by atoms with Crippen LogP contribution in [0.5, 0.6) is 0 Å². The van der Waals surface area contributed by atoms with Crippen LogP contribution in [0.3, 0.4) is 0 Å². The lowest BCUT2D eigenvalue weighted by atomic mass is 10.1. The van der Waals surface area contributed by atoms with Gasteiger partial charge in [-0.05, 0) is 5.56 Å². The Bertz CT molecular complexity index is 602. The van der Waals surface area contributed by atoms with Gasteiger partial charge in [0.05, 0.1) is 5.92 Å². The standard InChI is InChI=1S/C17H19F3N2O2/c1-2-8-21(12-17(18,19)20)16(24)14-9-15(23)22(11-14)10-13-6-4-3-5-7-13/h2-7,14H,1,8-12H2. The van der Waals surface area contributed by atoms with Crippen molar-refractivity contribution in [3.8, 4) is 0 Å². The molecule has 1 atom stereocenters. The first-order valence-electron chi connectivity index (χ1n) is 7.58. The van der Waals surface area contributed by atoms with Crippen LogP contribution in [0.4, 0.5) is 13.2 Å². The van der Waals surface area contributed by atoms with Crippen molar-refractivity contribution in [2.24, 2.45) is 5.92 Å². The quantitative estimate of drug-likeness (QED) is 0.747. The first-order valence-corrected chi connectivity index (χ1v) is 7.58.